The number of fused-ring (bicyclic) bond motifs is 1. The molecule has 0 spiro atoms. The van der Waals surface area contributed by atoms with E-state index in [0.29, 0.717) is 17.1 Å². The molecule has 1 atom stereocenters. The van der Waals surface area contributed by atoms with Crippen LogP contribution in [-0.2, 0) is 9.59 Å². The van der Waals surface area contributed by atoms with Crippen molar-refractivity contribution in [2.75, 3.05) is 12.4 Å². The van der Waals surface area contributed by atoms with E-state index in [1.807, 2.05) is 30.3 Å². The van der Waals surface area contributed by atoms with E-state index in [0.717, 1.165) is 16.5 Å². The highest BCUT2D eigenvalue weighted by Gasteiger charge is 2.36. The molecule has 3 heterocycles. The normalized spacial score (nSPS) is 15.7. The van der Waals surface area contributed by atoms with Crippen molar-refractivity contribution >= 4 is 34.5 Å². The number of hydrazine groups is 1. The van der Waals surface area contributed by atoms with E-state index in [9.17, 15) is 14.4 Å². The van der Waals surface area contributed by atoms with Gasteiger partial charge in [0.05, 0.1) is 12.0 Å². The lowest BCUT2D eigenvalue weighted by atomic mass is 10.0. The molecule has 1 saturated heterocycles. The van der Waals surface area contributed by atoms with Crippen LogP contribution in [0.25, 0.3) is 22.1 Å². The largest absolute Gasteiger partial charge is 0.484 e. The predicted octanol–water partition coefficient (Wildman–Crippen LogP) is 3.74. The summed E-state index contributed by atoms with van der Waals surface area (Å²) < 4.78 is 16.3. The summed E-state index contributed by atoms with van der Waals surface area (Å²) in [5.74, 6) is 0.444. The van der Waals surface area contributed by atoms with Crippen LogP contribution in [0.2, 0.25) is 0 Å². The van der Waals surface area contributed by atoms with Gasteiger partial charge in [-0.25, -0.2) is 9.80 Å². The van der Waals surface area contributed by atoms with Crippen molar-refractivity contribution < 1.29 is 23.2 Å². The lowest BCUT2D eigenvalue weighted by Gasteiger charge is -2.22. The topological polar surface area (TPSA) is 102 Å². The Kier molecular flexibility index (Phi) is 5.62. The maximum absolute atomic E-state index is 12.4. The molecular weight excluding hydrogens is 444 g/mol. The van der Waals surface area contributed by atoms with Crippen molar-refractivity contribution in [3.8, 4) is 16.9 Å². The fourth-order valence-electron chi connectivity index (χ4n) is 3.59. The predicted molar refractivity (Wildman–Crippen MR) is 122 cm³/mol. The zero-order chi connectivity index (χ0) is 22.8. The summed E-state index contributed by atoms with van der Waals surface area (Å²) in [7, 11) is 0. The molecule has 0 radical (unpaired) electrons. The van der Waals surface area contributed by atoms with Crippen molar-refractivity contribution in [3.63, 3.8) is 0 Å². The number of nitrogens with zero attached hydrogens (tertiary/aromatic N) is 1. The van der Waals surface area contributed by atoms with E-state index in [1.165, 1.54) is 29.1 Å². The van der Waals surface area contributed by atoms with Gasteiger partial charge >= 0.3 is 5.63 Å². The molecule has 0 saturated carbocycles. The summed E-state index contributed by atoms with van der Waals surface area (Å²) in [5.41, 5.74) is 4.09. The second-order valence-corrected chi connectivity index (χ2v) is 8.34. The van der Waals surface area contributed by atoms with E-state index in [1.54, 1.807) is 30.3 Å². The maximum Gasteiger partial charge on any atom is 0.336 e. The number of amides is 2. The van der Waals surface area contributed by atoms with Crippen molar-refractivity contribution in [2.24, 2.45) is 0 Å². The van der Waals surface area contributed by atoms with Gasteiger partial charge in [-0.05, 0) is 35.4 Å². The minimum Gasteiger partial charge on any atom is -0.484 e. The molecule has 5 rings (SSSR count). The van der Waals surface area contributed by atoms with Crippen LogP contribution in [0.3, 0.4) is 0 Å². The number of nitrogens with one attached hydrogen (secondary N) is 1. The molecule has 1 aliphatic heterocycles. The Morgan fingerprint density at radius 3 is 2.73 bits per heavy atom. The molecule has 2 amide bonds. The number of carbonyl (C=O) groups excluding carboxylic acids is 2. The first-order valence-electron chi connectivity index (χ1n) is 10.1. The van der Waals surface area contributed by atoms with Crippen LogP contribution in [0.1, 0.15) is 11.1 Å². The molecule has 9 heteroatoms. The summed E-state index contributed by atoms with van der Waals surface area (Å²) in [6.45, 7) is -0.326. The Balaban J connectivity index is 1.30. The highest BCUT2D eigenvalue weighted by molar-refractivity contribution is 8.00. The van der Waals surface area contributed by atoms with Crippen molar-refractivity contribution in [2.45, 2.75) is 5.37 Å². The molecule has 0 bridgehead atoms. The van der Waals surface area contributed by atoms with Gasteiger partial charge in [0.1, 0.15) is 17.1 Å². The van der Waals surface area contributed by atoms with E-state index >= 15 is 0 Å². The number of carbonyl (C=O) groups is 2. The second kappa shape index (κ2) is 8.87. The molecular formula is C24H18N2O6S. The number of thioether (sulfide) groups is 1. The average molecular weight is 462 g/mol. The molecule has 1 N–H and O–H groups in total. The molecule has 8 nitrogen and oxygen atoms in total. The molecule has 1 aliphatic rings. The molecule has 2 aromatic heterocycles. The van der Waals surface area contributed by atoms with Crippen molar-refractivity contribution in [3.05, 3.63) is 89.2 Å². The van der Waals surface area contributed by atoms with Gasteiger partial charge in [0.25, 0.3) is 11.8 Å². The number of hydrogen-bond donors (Lipinski definition) is 1. The molecule has 33 heavy (non-hydrogen) atoms. The van der Waals surface area contributed by atoms with E-state index in [2.05, 4.69) is 5.43 Å². The summed E-state index contributed by atoms with van der Waals surface area (Å²) in [5, 5.41) is 1.57. The summed E-state index contributed by atoms with van der Waals surface area (Å²) >= 11 is 1.36. The van der Waals surface area contributed by atoms with Crippen molar-refractivity contribution in [1.29, 1.82) is 0 Å². The zero-order valence-electron chi connectivity index (χ0n) is 17.2. The number of hydrogen-bond acceptors (Lipinski definition) is 7. The third-order valence-electron chi connectivity index (χ3n) is 5.07. The highest BCUT2D eigenvalue weighted by atomic mass is 32.2. The molecule has 0 aliphatic carbocycles. The van der Waals surface area contributed by atoms with E-state index < -0.39 is 16.9 Å². The van der Waals surface area contributed by atoms with Gasteiger partial charge in [-0.3, -0.25) is 15.0 Å². The zero-order valence-corrected chi connectivity index (χ0v) is 18.0. The number of furan rings is 1. The van der Waals surface area contributed by atoms with E-state index in [-0.39, 0.29) is 18.3 Å². The first-order valence-corrected chi connectivity index (χ1v) is 11.2. The molecule has 2 aromatic carbocycles. The fraction of sp³-hybridized carbons (Fsp3) is 0.125. The van der Waals surface area contributed by atoms with Crippen molar-refractivity contribution in [1.82, 2.24) is 10.4 Å². The minimum absolute atomic E-state index is 0.226. The van der Waals surface area contributed by atoms with Crippen LogP contribution in [0, 0.1) is 0 Å². The third kappa shape index (κ3) is 4.35. The van der Waals surface area contributed by atoms with Crippen LogP contribution in [0.5, 0.6) is 5.75 Å². The Hall–Kier alpha value is -3.98. The SMILES string of the molecule is O=C(COc1ccc2c(-c3ccccc3)cc(=O)oc2c1)NN1C(=O)CSC1c1ccco1. The summed E-state index contributed by atoms with van der Waals surface area (Å²) in [6.07, 6.45) is 1.52. The Morgan fingerprint density at radius 2 is 1.94 bits per heavy atom. The number of rotatable bonds is 6. The smallest absolute Gasteiger partial charge is 0.336 e. The van der Waals surface area contributed by atoms with E-state index in [4.69, 9.17) is 13.6 Å². The van der Waals surface area contributed by atoms with Crippen LogP contribution in [-0.4, -0.2) is 29.2 Å². The Labute approximate surface area is 192 Å². The van der Waals surface area contributed by atoms with Crippen LogP contribution < -0.4 is 15.8 Å². The maximum atomic E-state index is 12.4. The summed E-state index contributed by atoms with van der Waals surface area (Å²) in [4.78, 5) is 36.7. The fourth-order valence-corrected chi connectivity index (χ4v) is 4.65. The van der Waals surface area contributed by atoms with Crippen LogP contribution in [0.15, 0.2) is 86.6 Å². The van der Waals surface area contributed by atoms with Gasteiger partial charge in [0.2, 0.25) is 0 Å². The Morgan fingerprint density at radius 1 is 1.09 bits per heavy atom. The standard InChI is InChI=1S/C24H18N2O6S/c27-21(25-26-22(28)14-33-24(26)19-7-4-10-30-19)13-31-16-8-9-17-18(15-5-2-1-3-6-15)12-23(29)32-20(17)11-16/h1-12,24H,13-14H2,(H,25,27). The molecule has 1 fully saturated rings. The minimum atomic E-state index is -0.498. The number of ether oxygens (including phenoxy) is 1. The summed E-state index contributed by atoms with van der Waals surface area (Å²) in [6, 6.07) is 19.5. The quantitative estimate of drug-likeness (QED) is 0.436. The highest BCUT2D eigenvalue weighted by Crippen LogP contribution is 2.37. The first-order chi connectivity index (χ1) is 16.1. The van der Waals surface area contributed by atoms with Gasteiger partial charge in [0.15, 0.2) is 12.0 Å². The number of benzene rings is 2. The van der Waals surface area contributed by atoms with Crippen LogP contribution in [0.4, 0.5) is 0 Å². The Bertz CT molecular complexity index is 1370. The lowest BCUT2D eigenvalue weighted by molar-refractivity contribution is -0.140. The molecule has 166 valence electrons. The lowest BCUT2D eigenvalue weighted by Crippen LogP contribution is -2.46. The van der Waals surface area contributed by atoms with Gasteiger partial charge in [-0.15, -0.1) is 11.8 Å². The molecule has 4 aromatic rings. The second-order valence-electron chi connectivity index (χ2n) is 7.27. The third-order valence-corrected chi connectivity index (χ3v) is 6.24. The van der Waals surface area contributed by atoms with Gasteiger partial charge in [-0.1, -0.05) is 30.3 Å². The van der Waals surface area contributed by atoms with Gasteiger partial charge in [0, 0.05) is 17.5 Å². The first kappa shape index (κ1) is 20.9. The van der Waals surface area contributed by atoms with Crippen LogP contribution >= 0.6 is 11.8 Å². The molecule has 1 unspecified atom stereocenters. The van der Waals surface area contributed by atoms with Gasteiger partial charge in [-0.2, -0.15) is 0 Å². The average Bonchev–Trinajstić information content (AvgIpc) is 3.48. The van der Waals surface area contributed by atoms with Gasteiger partial charge < -0.3 is 13.6 Å². The monoisotopic (exact) mass is 462 g/mol.